The minimum atomic E-state index is 0.363. The van der Waals surface area contributed by atoms with Crippen LogP contribution in [-0.2, 0) is 6.42 Å². The maximum absolute atomic E-state index is 4.57. The summed E-state index contributed by atoms with van der Waals surface area (Å²) in [7, 11) is 0. The predicted octanol–water partition coefficient (Wildman–Crippen LogP) is 3.82. The average Bonchev–Trinajstić information content (AvgIpc) is 2.71. The van der Waals surface area contributed by atoms with Crippen molar-refractivity contribution in [3.63, 3.8) is 0 Å². The van der Waals surface area contributed by atoms with E-state index < -0.39 is 0 Å². The lowest BCUT2D eigenvalue weighted by Gasteiger charge is -2.17. The predicted molar refractivity (Wildman–Crippen MR) is 80.6 cm³/mol. The average molecular weight is 257 g/mol. The first kappa shape index (κ1) is 13.7. The van der Waals surface area contributed by atoms with Crippen LogP contribution >= 0.6 is 0 Å². The van der Waals surface area contributed by atoms with Crippen molar-refractivity contribution in [1.29, 1.82) is 0 Å². The quantitative estimate of drug-likeness (QED) is 0.882. The van der Waals surface area contributed by atoms with E-state index in [1.54, 1.807) is 0 Å². The van der Waals surface area contributed by atoms with E-state index in [4.69, 9.17) is 0 Å². The van der Waals surface area contributed by atoms with E-state index in [-0.39, 0.29) is 0 Å². The van der Waals surface area contributed by atoms with Gasteiger partial charge >= 0.3 is 0 Å². The van der Waals surface area contributed by atoms with Crippen molar-refractivity contribution in [2.24, 2.45) is 0 Å². The first-order valence-electron chi connectivity index (χ1n) is 6.92. The number of anilines is 1. The third-order valence-corrected chi connectivity index (χ3v) is 3.17. The third kappa shape index (κ3) is 3.60. The number of nitrogens with one attached hydrogen (secondary N) is 1. The van der Waals surface area contributed by atoms with Crippen LogP contribution in [0.3, 0.4) is 0 Å². The lowest BCUT2D eigenvalue weighted by molar-refractivity contribution is 0.598. The SMILES string of the molecule is Cc1cn(C(C)C)c(NC(C)Cc2ccccc2)n1. The van der Waals surface area contributed by atoms with Gasteiger partial charge in [0.1, 0.15) is 0 Å². The fourth-order valence-electron chi connectivity index (χ4n) is 2.26. The Morgan fingerprint density at radius 2 is 1.84 bits per heavy atom. The topological polar surface area (TPSA) is 29.9 Å². The molecule has 0 radical (unpaired) electrons. The molecule has 0 fully saturated rings. The summed E-state index contributed by atoms with van der Waals surface area (Å²) < 4.78 is 2.19. The Morgan fingerprint density at radius 1 is 1.16 bits per heavy atom. The molecular formula is C16H23N3. The van der Waals surface area contributed by atoms with Gasteiger partial charge in [0.2, 0.25) is 5.95 Å². The smallest absolute Gasteiger partial charge is 0.203 e. The van der Waals surface area contributed by atoms with E-state index in [2.05, 4.69) is 72.2 Å². The summed E-state index contributed by atoms with van der Waals surface area (Å²) in [5, 5.41) is 3.51. The van der Waals surface area contributed by atoms with Gasteiger partial charge in [0.05, 0.1) is 5.69 Å². The fourth-order valence-corrected chi connectivity index (χ4v) is 2.26. The van der Waals surface area contributed by atoms with Crippen LogP contribution in [0.5, 0.6) is 0 Å². The monoisotopic (exact) mass is 257 g/mol. The van der Waals surface area contributed by atoms with Crippen LogP contribution in [0.4, 0.5) is 5.95 Å². The maximum atomic E-state index is 4.57. The summed E-state index contributed by atoms with van der Waals surface area (Å²) >= 11 is 0. The molecule has 102 valence electrons. The Bertz CT molecular complexity index is 514. The highest BCUT2D eigenvalue weighted by Gasteiger charge is 2.11. The molecule has 3 heteroatoms. The van der Waals surface area contributed by atoms with Crippen molar-refractivity contribution in [3.8, 4) is 0 Å². The van der Waals surface area contributed by atoms with Crippen LogP contribution in [0.15, 0.2) is 36.5 Å². The van der Waals surface area contributed by atoms with E-state index in [1.165, 1.54) is 5.56 Å². The minimum absolute atomic E-state index is 0.363. The molecule has 0 aliphatic heterocycles. The molecule has 19 heavy (non-hydrogen) atoms. The molecule has 3 nitrogen and oxygen atoms in total. The number of benzene rings is 1. The standard InChI is InChI=1S/C16H23N3/c1-12(2)19-11-14(4)18-16(19)17-13(3)10-15-8-6-5-7-9-15/h5-9,11-13H,10H2,1-4H3,(H,17,18). The Morgan fingerprint density at radius 3 is 2.47 bits per heavy atom. The van der Waals surface area contributed by atoms with Gasteiger partial charge in [-0.15, -0.1) is 0 Å². The zero-order chi connectivity index (χ0) is 13.8. The first-order valence-corrected chi connectivity index (χ1v) is 6.92. The first-order chi connectivity index (χ1) is 9.06. The van der Waals surface area contributed by atoms with Gasteiger partial charge in [-0.25, -0.2) is 4.98 Å². The van der Waals surface area contributed by atoms with E-state index in [1.807, 2.05) is 6.92 Å². The highest BCUT2D eigenvalue weighted by Crippen LogP contribution is 2.17. The Labute approximate surface area is 115 Å². The molecule has 0 saturated carbocycles. The molecule has 0 spiro atoms. The summed E-state index contributed by atoms with van der Waals surface area (Å²) in [6, 6.07) is 11.3. The summed E-state index contributed by atoms with van der Waals surface area (Å²) in [5.41, 5.74) is 2.41. The fraction of sp³-hybridized carbons (Fsp3) is 0.438. The lowest BCUT2D eigenvalue weighted by atomic mass is 10.1. The van der Waals surface area contributed by atoms with Crippen LogP contribution in [0, 0.1) is 6.92 Å². The number of aromatic nitrogens is 2. The van der Waals surface area contributed by atoms with E-state index in [0.717, 1.165) is 18.1 Å². The number of hydrogen-bond donors (Lipinski definition) is 1. The molecule has 0 bridgehead atoms. The lowest BCUT2D eigenvalue weighted by Crippen LogP contribution is -2.21. The van der Waals surface area contributed by atoms with Crippen molar-refractivity contribution < 1.29 is 0 Å². The number of imidazole rings is 1. The molecule has 1 atom stereocenters. The molecule has 1 aromatic heterocycles. The van der Waals surface area contributed by atoms with Gasteiger partial charge in [0.25, 0.3) is 0 Å². The van der Waals surface area contributed by atoms with Crippen LogP contribution in [0.2, 0.25) is 0 Å². The van der Waals surface area contributed by atoms with Crippen LogP contribution < -0.4 is 5.32 Å². The van der Waals surface area contributed by atoms with Crippen molar-refractivity contribution in [2.75, 3.05) is 5.32 Å². The number of nitrogens with zero attached hydrogens (tertiary/aromatic N) is 2. The van der Waals surface area contributed by atoms with Gasteiger partial charge in [0, 0.05) is 18.3 Å². The third-order valence-electron chi connectivity index (χ3n) is 3.17. The highest BCUT2D eigenvalue weighted by molar-refractivity contribution is 5.31. The molecule has 2 rings (SSSR count). The second kappa shape index (κ2) is 5.91. The van der Waals surface area contributed by atoms with Crippen molar-refractivity contribution >= 4 is 5.95 Å². The summed E-state index contributed by atoms with van der Waals surface area (Å²) in [5.74, 6) is 0.968. The van der Waals surface area contributed by atoms with Gasteiger partial charge in [0.15, 0.2) is 0 Å². The highest BCUT2D eigenvalue weighted by atomic mass is 15.2. The second-order valence-electron chi connectivity index (χ2n) is 5.44. The largest absolute Gasteiger partial charge is 0.353 e. The maximum Gasteiger partial charge on any atom is 0.203 e. The van der Waals surface area contributed by atoms with Gasteiger partial charge < -0.3 is 9.88 Å². The summed E-state index contributed by atoms with van der Waals surface area (Å²) in [6.45, 7) is 8.58. The van der Waals surface area contributed by atoms with Crippen molar-refractivity contribution in [2.45, 2.75) is 46.2 Å². The number of rotatable bonds is 5. The normalized spacial score (nSPS) is 12.7. The van der Waals surface area contributed by atoms with Gasteiger partial charge in [-0.3, -0.25) is 0 Å². The molecule has 1 heterocycles. The summed E-state index contributed by atoms with van der Waals surface area (Å²) in [6.07, 6.45) is 3.10. The molecule has 0 saturated heterocycles. The van der Waals surface area contributed by atoms with Crippen LogP contribution in [0.25, 0.3) is 0 Å². The number of hydrogen-bond acceptors (Lipinski definition) is 2. The van der Waals surface area contributed by atoms with Gasteiger partial charge in [-0.1, -0.05) is 30.3 Å². The number of aryl methyl sites for hydroxylation is 1. The van der Waals surface area contributed by atoms with E-state index in [9.17, 15) is 0 Å². The van der Waals surface area contributed by atoms with E-state index in [0.29, 0.717) is 12.1 Å². The van der Waals surface area contributed by atoms with Gasteiger partial charge in [-0.05, 0) is 39.7 Å². The Balaban J connectivity index is 2.05. The second-order valence-corrected chi connectivity index (χ2v) is 5.44. The molecule has 1 unspecified atom stereocenters. The van der Waals surface area contributed by atoms with Crippen molar-refractivity contribution in [1.82, 2.24) is 9.55 Å². The molecule has 1 N–H and O–H groups in total. The zero-order valence-corrected chi connectivity index (χ0v) is 12.2. The molecule has 0 aliphatic rings. The van der Waals surface area contributed by atoms with Crippen molar-refractivity contribution in [3.05, 3.63) is 47.8 Å². The van der Waals surface area contributed by atoms with Crippen LogP contribution in [-0.4, -0.2) is 15.6 Å². The van der Waals surface area contributed by atoms with Gasteiger partial charge in [-0.2, -0.15) is 0 Å². The molecule has 2 aromatic rings. The minimum Gasteiger partial charge on any atom is -0.353 e. The Kier molecular flexibility index (Phi) is 4.25. The summed E-state index contributed by atoms with van der Waals surface area (Å²) in [4.78, 5) is 4.57. The molecular weight excluding hydrogens is 234 g/mol. The molecule has 1 aromatic carbocycles. The zero-order valence-electron chi connectivity index (χ0n) is 12.2. The molecule has 0 amide bonds. The Hall–Kier alpha value is -1.77. The van der Waals surface area contributed by atoms with Crippen LogP contribution in [0.1, 0.15) is 38.1 Å². The van der Waals surface area contributed by atoms with E-state index >= 15 is 0 Å². The molecule has 0 aliphatic carbocycles.